The average Bonchev–Trinajstić information content (AvgIpc) is 3.14. The van der Waals surface area contributed by atoms with Crippen molar-refractivity contribution in [2.24, 2.45) is 13.0 Å². The van der Waals surface area contributed by atoms with Gasteiger partial charge in [0.15, 0.2) is 0 Å². The van der Waals surface area contributed by atoms with Gasteiger partial charge in [-0.1, -0.05) is 0 Å². The molecule has 1 saturated carbocycles. The van der Waals surface area contributed by atoms with E-state index >= 15 is 0 Å². The van der Waals surface area contributed by atoms with E-state index in [9.17, 15) is 9.59 Å². The number of aromatic nitrogens is 1. The summed E-state index contributed by atoms with van der Waals surface area (Å²) in [6.07, 6.45) is 6.76. The fourth-order valence-corrected chi connectivity index (χ4v) is 3.64. The van der Waals surface area contributed by atoms with Gasteiger partial charge in [-0.25, -0.2) is 0 Å². The average molecular weight is 290 g/mol. The molecule has 1 amide bonds. The summed E-state index contributed by atoms with van der Waals surface area (Å²) in [5.41, 5.74) is 0.677. The van der Waals surface area contributed by atoms with Crippen molar-refractivity contribution < 1.29 is 14.3 Å². The first-order chi connectivity index (χ1) is 10.1. The van der Waals surface area contributed by atoms with Gasteiger partial charge in [-0.2, -0.15) is 0 Å². The Morgan fingerprint density at radius 2 is 2.24 bits per heavy atom. The smallest absolute Gasteiger partial charge is 0.307 e. The molecule has 0 radical (unpaired) electrons. The quantitative estimate of drug-likeness (QED) is 0.856. The van der Waals surface area contributed by atoms with Crippen LogP contribution < -0.4 is 5.32 Å². The third kappa shape index (κ3) is 2.69. The van der Waals surface area contributed by atoms with E-state index in [1.54, 1.807) is 0 Å². The molecule has 2 fully saturated rings. The van der Waals surface area contributed by atoms with Gasteiger partial charge in [-0.05, 0) is 37.8 Å². The van der Waals surface area contributed by atoms with Gasteiger partial charge >= 0.3 is 5.97 Å². The second-order valence-electron chi connectivity index (χ2n) is 6.15. The normalized spacial score (nSPS) is 23.5. The summed E-state index contributed by atoms with van der Waals surface area (Å²) in [7, 11) is 1.99. The van der Waals surface area contributed by atoms with E-state index in [2.05, 4.69) is 5.32 Å². The van der Waals surface area contributed by atoms with Crippen LogP contribution in [0.4, 0.5) is 0 Å². The summed E-state index contributed by atoms with van der Waals surface area (Å²) in [6.45, 7) is 0.595. The molecule has 1 aliphatic heterocycles. The number of hydrogen-bond acceptors (Lipinski definition) is 3. The predicted octanol–water partition coefficient (Wildman–Crippen LogP) is 1.56. The molecule has 2 aliphatic rings. The summed E-state index contributed by atoms with van der Waals surface area (Å²) < 4.78 is 7.56. The summed E-state index contributed by atoms with van der Waals surface area (Å²) in [5.74, 6) is -0.558. The van der Waals surface area contributed by atoms with Crippen molar-refractivity contribution in [1.29, 1.82) is 0 Å². The number of amides is 1. The van der Waals surface area contributed by atoms with Gasteiger partial charge in [0.25, 0.3) is 0 Å². The van der Waals surface area contributed by atoms with Gasteiger partial charge in [0.1, 0.15) is 5.60 Å². The molecule has 5 heteroatoms. The highest BCUT2D eigenvalue weighted by Crippen LogP contribution is 2.45. The monoisotopic (exact) mass is 290 g/mol. The number of ether oxygens (including phenoxy) is 1. The van der Waals surface area contributed by atoms with Crippen LogP contribution >= 0.6 is 0 Å². The molecule has 1 aliphatic carbocycles. The summed E-state index contributed by atoms with van der Waals surface area (Å²) in [6, 6.07) is 4.04. The molecule has 1 aromatic rings. The fraction of sp³-hybridized carbons (Fsp3) is 0.625. The van der Waals surface area contributed by atoms with Crippen molar-refractivity contribution >= 4 is 11.9 Å². The van der Waals surface area contributed by atoms with Gasteiger partial charge < -0.3 is 14.6 Å². The Bertz CT molecular complexity index is 543. The lowest BCUT2D eigenvalue weighted by Crippen LogP contribution is -2.43. The maximum absolute atomic E-state index is 12.4. The van der Waals surface area contributed by atoms with Crippen LogP contribution in [0.3, 0.4) is 0 Å². The Hall–Kier alpha value is -1.78. The van der Waals surface area contributed by atoms with Crippen molar-refractivity contribution in [3.05, 3.63) is 24.0 Å². The van der Waals surface area contributed by atoms with E-state index < -0.39 is 5.60 Å². The molecule has 1 saturated heterocycles. The van der Waals surface area contributed by atoms with E-state index in [-0.39, 0.29) is 24.2 Å². The number of rotatable bonds is 4. The summed E-state index contributed by atoms with van der Waals surface area (Å²) in [5, 5.41) is 2.98. The molecular formula is C16H22N2O3. The molecule has 1 unspecified atom stereocenters. The lowest BCUT2D eigenvalue weighted by molar-refractivity contribution is -0.149. The zero-order valence-corrected chi connectivity index (χ0v) is 12.4. The molecule has 114 valence electrons. The van der Waals surface area contributed by atoms with Crippen molar-refractivity contribution in [3.8, 4) is 0 Å². The minimum absolute atomic E-state index is 0.0306. The summed E-state index contributed by atoms with van der Waals surface area (Å²) >= 11 is 0. The molecule has 1 aromatic heterocycles. The number of carbonyl (C=O) groups is 2. The first kappa shape index (κ1) is 14.2. The van der Waals surface area contributed by atoms with E-state index in [0.29, 0.717) is 6.54 Å². The van der Waals surface area contributed by atoms with Crippen LogP contribution in [-0.2, 0) is 27.8 Å². The maximum Gasteiger partial charge on any atom is 0.307 e. The molecule has 2 heterocycles. The highest BCUT2D eigenvalue weighted by molar-refractivity contribution is 5.87. The van der Waals surface area contributed by atoms with Crippen LogP contribution in [0.5, 0.6) is 0 Å². The minimum atomic E-state index is -0.508. The van der Waals surface area contributed by atoms with E-state index in [0.717, 1.165) is 32.1 Å². The third-order valence-electron chi connectivity index (χ3n) is 4.82. The maximum atomic E-state index is 12.4. The van der Waals surface area contributed by atoms with Crippen LogP contribution in [0.25, 0.3) is 0 Å². The molecule has 1 spiro atoms. The van der Waals surface area contributed by atoms with E-state index in [1.807, 2.05) is 29.9 Å². The first-order valence-corrected chi connectivity index (χ1v) is 7.70. The molecule has 1 N–H and O–H groups in total. The fourth-order valence-electron chi connectivity index (χ4n) is 3.64. The highest BCUT2D eigenvalue weighted by atomic mass is 16.6. The highest BCUT2D eigenvalue weighted by Gasteiger charge is 2.53. The van der Waals surface area contributed by atoms with Crippen molar-refractivity contribution in [2.75, 3.05) is 6.54 Å². The van der Waals surface area contributed by atoms with Crippen molar-refractivity contribution in [1.82, 2.24) is 9.88 Å². The van der Waals surface area contributed by atoms with Gasteiger partial charge in [-0.15, -0.1) is 0 Å². The summed E-state index contributed by atoms with van der Waals surface area (Å²) in [4.78, 5) is 24.0. The Morgan fingerprint density at radius 1 is 1.48 bits per heavy atom. The largest absolute Gasteiger partial charge is 0.458 e. The van der Waals surface area contributed by atoms with Crippen LogP contribution in [-0.4, -0.2) is 28.6 Å². The second-order valence-corrected chi connectivity index (χ2v) is 6.15. The first-order valence-electron chi connectivity index (χ1n) is 7.70. The van der Waals surface area contributed by atoms with Gasteiger partial charge in [0.05, 0.1) is 12.3 Å². The van der Waals surface area contributed by atoms with E-state index in [1.165, 1.54) is 5.69 Å². The zero-order chi connectivity index (χ0) is 14.9. The standard InChI is InChI=1S/C16H22N2O3/c1-18-10-4-5-12(18)6-9-17-15(20)13-11-14(19)21-16(13)7-2-3-8-16/h4-5,10,13H,2-3,6-9,11H2,1H3,(H,17,20). The predicted molar refractivity (Wildman–Crippen MR) is 77.5 cm³/mol. The Balaban J connectivity index is 1.57. The minimum Gasteiger partial charge on any atom is -0.458 e. The molecule has 3 rings (SSSR count). The number of nitrogens with one attached hydrogen (secondary N) is 1. The Labute approximate surface area is 124 Å². The Morgan fingerprint density at radius 3 is 2.90 bits per heavy atom. The van der Waals surface area contributed by atoms with Gasteiger partial charge in [0, 0.05) is 31.9 Å². The SMILES string of the molecule is Cn1cccc1CCNC(=O)C1CC(=O)OC12CCCC2. The van der Waals surface area contributed by atoms with E-state index in [4.69, 9.17) is 4.74 Å². The topological polar surface area (TPSA) is 60.3 Å². The molecule has 5 nitrogen and oxygen atoms in total. The molecule has 1 atom stereocenters. The Kier molecular flexibility index (Phi) is 3.74. The van der Waals surface area contributed by atoms with Gasteiger partial charge in [0.2, 0.25) is 5.91 Å². The van der Waals surface area contributed by atoms with Crippen molar-refractivity contribution in [3.63, 3.8) is 0 Å². The number of carbonyl (C=O) groups excluding carboxylic acids is 2. The third-order valence-corrected chi connectivity index (χ3v) is 4.82. The van der Waals surface area contributed by atoms with Crippen molar-refractivity contribution in [2.45, 2.75) is 44.1 Å². The molecule has 0 aromatic carbocycles. The number of aryl methyl sites for hydroxylation is 1. The number of esters is 1. The lowest BCUT2D eigenvalue weighted by Gasteiger charge is -2.27. The van der Waals surface area contributed by atoms with Crippen LogP contribution in [0.2, 0.25) is 0 Å². The second kappa shape index (κ2) is 5.54. The lowest BCUT2D eigenvalue weighted by atomic mass is 9.85. The number of nitrogens with zero attached hydrogens (tertiary/aromatic N) is 1. The van der Waals surface area contributed by atoms with Crippen LogP contribution in [0.15, 0.2) is 18.3 Å². The van der Waals surface area contributed by atoms with Gasteiger partial charge in [-0.3, -0.25) is 9.59 Å². The van der Waals surface area contributed by atoms with Crippen LogP contribution in [0.1, 0.15) is 37.8 Å². The van der Waals surface area contributed by atoms with Crippen LogP contribution in [0, 0.1) is 5.92 Å². The number of hydrogen-bond donors (Lipinski definition) is 1. The molecular weight excluding hydrogens is 268 g/mol. The molecule has 0 bridgehead atoms. The molecule has 21 heavy (non-hydrogen) atoms. The zero-order valence-electron chi connectivity index (χ0n) is 12.4.